The minimum atomic E-state index is -0.143. The molecule has 0 amide bonds. The molecule has 0 spiro atoms. The predicted octanol–water partition coefficient (Wildman–Crippen LogP) is 15.0. The first-order chi connectivity index (χ1) is 26.8. The lowest BCUT2D eigenvalue weighted by Gasteiger charge is -2.30. The molecule has 1 aromatic heterocycles. The van der Waals surface area contributed by atoms with Crippen molar-refractivity contribution in [2.45, 2.75) is 33.1 Å². The third-order valence-electron chi connectivity index (χ3n) is 11.8. The Labute approximate surface area is 323 Å². The fourth-order valence-corrected chi connectivity index (χ4v) is 8.82. The van der Waals surface area contributed by atoms with Gasteiger partial charge in [0.1, 0.15) is 11.2 Å². The van der Waals surface area contributed by atoms with E-state index in [0.717, 1.165) is 50.1 Å². The van der Waals surface area contributed by atoms with Crippen LogP contribution >= 0.6 is 0 Å². The minimum absolute atomic E-state index is 0.143. The number of furan rings is 1. The van der Waals surface area contributed by atoms with Crippen LogP contribution in [0.15, 0.2) is 180 Å². The van der Waals surface area contributed by atoms with Crippen molar-refractivity contribution in [1.29, 1.82) is 0 Å². The third-order valence-corrected chi connectivity index (χ3v) is 11.8. The lowest BCUT2D eigenvalue weighted by Crippen LogP contribution is -2.17. The van der Waals surface area contributed by atoms with Crippen molar-refractivity contribution in [3.05, 3.63) is 198 Å². The molecule has 0 saturated carbocycles. The average molecular weight is 708 g/mol. The van der Waals surface area contributed by atoms with Crippen molar-refractivity contribution in [3.63, 3.8) is 0 Å². The van der Waals surface area contributed by atoms with E-state index in [1.807, 2.05) is 6.07 Å². The first-order valence-corrected chi connectivity index (χ1v) is 19.2. The Kier molecular flexibility index (Phi) is 7.64. The molecule has 10 rings (SSSR count). The summed E-state index contributed by atoms with van der Waals surface area (Å²) in [6.07, 6.45) is 0. The number of fused-ring (bicyclic) bond motifs is 6. The molecule has 9 aromatic rings. The summed E-state index contributed by atoms with van der Waals surface area (Å²) in [7, 11) is 0. The molecule has 0 bridgehead atoms. The zero-order valence-electron chi connectivity index (χ0n) is 31.6. The zero-order valence-corrected chi connectivity index (χ0v) is 31.6. The molecule has 1 heterocycles. The molecule has 55 heavy (non-hydrogen) atoms. The van der Waals surface area contributed by atoms with Crippen LogP contribution in [-0.4, -0.2) is 0 Å². The Morgan fingerprint density at radius 1 is 0.400 bits per heavy atom. The van der Waals surface area contributed by atoms with E-state index in [0.29, 0.717) is 0 Å². The highest BCUT2D eigenvalue weighted by Crippen LogP contribution is 2.52. The van der Waals surface area contributed by atoms with Gasteiger partial charge in [-0.3, -0.25) is 0 Å². The van der Waals surface area contributed by atoms with Crippen LogP contribution in [0.2, 0.25) is 0 Å². The molecule has 2 nitrogen and oxygen atoms in total. The molecule has 0 atom stereocenters. The van der Waals surface area contributed by atoms with Crippen LogP contribution in [0.1, 0.15) is 36.1 Å². The van der Waals surface area contributed by atoms with Crippen molar-refractivity contribution in [2.24, 2.45) is 0 Å². The van der Waals surface area contributed by atoms with Gasteiger partial charge in [0.15, 0.2) is 0 Å². The fraction of sp³-hybridized carbons (Fsp3) is 0.0943. The molecular formula is C53H41NO. The SMILES string of the molecule is Cc1ccccc1-c1cc(-c2cc3c(cc2N(c2ccc(-c4ccccc4)cc2)c2ccc4c(c2)C(C)(C)c2ccccc2-4)oc2ccccc23)ccc1C. The van der Waals surface area contributed by atoms with Gasteiger partial charge in [-0.1, -0.05) is 141 Å². The van der Waals surface area contributed by atoms with Crippen LogP contribution in [0.4, 0.5) is 17.1 Å². The predicted molar refractivity (Wildman–Crippen MR) is 232 cm³/mol. The maximum absolute atomic E-state index is 6.63. The van der Waals surface area contributed by atoms with E-state index < -0.39 is 0 Å². The van der Waals surface area contributed by atoms with Crippen LogP contribution in [0.3, 0.4) is 0 Å². The van der Waals surface area contributed by atoms with Crippen LogP contribution in [0.5, 0.6) is 0 Å². The van der Waals surface area contributed by atoms with E-state index in [2.05, 4.69) is 202 Å². The maximum atomic E-state index is 6.63. The standard InChI is InChI=1S/C53H41NO/c1-34-14-8-9-17-41(34)45-30-38(23-22-35(45)2)46-32-47-44-19-11-13-21-51(44)55-52(47)33-50(46)54(39-26-24-37(25-27-39)36-15-6-5-7-16-36)40-28-29-43-42-18-10-12-20-48(42)53(3,4)49(43)31-40/h5-33H,1-4H3. The van der Waals surface area contributed by atoms with E-state index in [9.17, 15) is 0 Å². The van der Waals surface area contributed by atoms with Crippen molar-refractivity contribution in [2.75, 3.05) is 4.90 Å². The van der Waals surface area contributed by atoms with Crippen LogP contribution < -0.4 is 4.90 Å². The molecule has 0 fully saturated rings. The van der Waals surface area contributed by atoms with Crippen molar-refractivity contribution >= 4 is 39.0 Å². The van der Waals surface area contributed by atoms with Crippen LogP contribution in [0, 0.1) is 13.8 Å². The topological polar surface area (TPSA) is 16.4 Å². The number of benzene rings is 8. The monoisotopic (exact) mass is 707 g/mol. The second-order valence-corrected chi connectivity index (χ2v) is 15.5. The van der Waals surface area contributed by atoms with E-state index in [1.54, 1.807) is 0 Å². The van der Waals surface area contributed by atoms with E-state index in [1.165, 1.54) is 55.6 Å². The first-order valence-electron chi connectivity index (χ1n) is 19.2. The molecular weight excluding hydrogens is 667 g/mol. The van der Waals surface area contributed by atoms with Gasteiger partial charge in [-0.05, 0) is 118 Å². The Hall–Kier alpha value is -6.64. The summed E-state index contributed by atoms with van der Waals surface area (Å²) in [6.45, 7) is 9.12. The number of hydrogen-bond donors (Lipinski definition) is 0. The van der Waals surface area contributed by atoms with Gasteiger partial charge < -0.3 is 9.32 Å². The summed E-state index contributed by atoms with van der Waals surface area (Å²) in [5.74, 6) is 0. The molecule has 0 aliphatic heterocycles. The number of para-hydroxylation sites is 1. The highest BCUT2D eigenvalue weighted by atomic mass is 16.3. The summed E-state index contributed by atoms with van der Waals surface area (Å²) in [5.41, 5.74) is 19.9. The van der Waals surface area contributed by atoms with Gasteiger partial charge in [-0.2, -0.15) is 0 Å². The van der Waals surface area contributed by atoms with Crippen LogP contribution in [-0.2, 0) is 5.41 Å². The number of anilines is 3. The summed E-state index contributed by atoms with van der Waals surface area (Å²) < 4.78 is 6.63. The zero-order chi connectivity index (χ0) is 37.3. The smallest absolute Gasteiger partial charge is 0.137 e. The first kappa shape index (κ1) is 33.0. The normalized spacial score (nSPS) is 12.9. The Morgan fingerprint density at radius 3 is 1.85 bits per heavy atom. The number of rotatable bonds is 6. The number of aryl methyl sites for hydroxylation is 2. The Bertz CT molecular complexity index is 2910. The van der Waals surface area contributed by atoms with Gasteiger partial charge in [0, 0.05) is 39.2 Å². The average Bonchev–Trinajstić information content (AvgIpc) is 3.70. The largest absolute Gasteiger partial charge is 0.456 e. The quantitative estimate of drug-likeness (QED) is 0.171. The summed E-state index contributed by atoms with van der Waals surface area (Å²) in [6, 6.07) is 64.1. The van der Waals surface area contributed by atoms with Gasteiger partial charge >= 0.3 is 0 Å². The number of nitrogens with zero attached hydrogens (tertiary/aromatic N) is 1. The van der Waals surface area contributed by atoms with Crippen molar-refractivity contribution in [1.82, 2.24) is 0 Å². The number of hydrogen-bond acceptors (Lipinski definition) is 2. The summed E-state index contributed by atoms with van der Waals surface area (Å²) in [5, 5.41) is 2.23. The van der Waals surface area contributed by atoms with Gasteiger partial charge in [0.25, 0.3) is 0 Å². The molecule has 8 aromatic carbocycles. The van der Waals surface area contributed by atoms with Gasteiger partial charge in [0.2, 0.25) is 0 Å². The van der Waals surface area contributed by atoms with Gasteiger partial charge in [-0.25, -0.2) is 0 Å². The van der Waals surface area contributed by atoms with Crippen LogP contribution in [0.25, 0.3) is 66.4 Å². The molecule has 0 N–H and O–H groups in total. The highest BCUT2D eigenvalue weighted by Gasteiger charge is 2.36. The molecule has 2 heteroatoms. The second kappa shape index (κ2) is 12.7. The lowest BCUT2D eigenvalue weighted by atomic mass is 9.82. The molecule has 0 unspecified atom stereocenters. The summed E-state index contributed by atoms with van der Waals surface area (Å²) >= 11 is 0. The molecule has 1 aliphatic rings. The van der Waals surface area contributed by atoms with Crippen molar-refractivity contribution in [3.8, 4) is 44.5 Å². The van der Waals surface area contributed by atoms with Crippen molar-refractivity contribution < 1.29 is 4.42 Å². The molecule has 264 valence electrons. The van der Waals surface area contributed by atoms with E-state index in [-0.39, 0.29) is 5.41 Å². The Balaban J connectivity index is 1.24. The fourth-order valence-electron chi connectivity index (χ4n) is 8.82. The highest BCUT2D eigenvalue weighted by molar-refractivity contribution is 6.09. The third kappa shape index (κ3) is 5.40. The molecule has 1 aliphatic carbocycles. The summed E-state index contributed by atoms with van der Waals surface area (Å²) in [4.78, 5) is 2.43. The molecule has 0 radical (unpaired) electrons. The Morgan fingerprint density at radius 2 is 1.04 bits per heavy atom. The van der Waals surface area contributed by atoms with Gasteiger partial charge in [-0.15, -0.1) is 0 Å². The maximum Gasteiger partial charge on any atom is 0.137 e. The van der Waals surface area contributed by atoms with E-state index in [4.69, 9.17) is 4.42 Å². The molecule has 0 saturated heterocycles. The second-order valence-electron chi connectivity index (χ2n) is 15.5. The van der Waals surface area contributed by atoms with Gasteiger partial charge in [0.05, 0.1) is 5.69 Å². The van der Waals surface area contributed by atoms with E-state index >= 15 is 0 Å². The minimum Gasteiger partial charge on any atom is -0.456 e. The lowest BCUT2D eigenvalue weighted by molar-refractivity contribution is 0.660.